The molecule has 3 N–H and O–H groups in total. The number of carbonyl (C=O) groups excluding carboxylic acids is 1. The molecule has 2 saturated heterocycles. The number of carbonyl (C=O) groups is 1. The fourth-order valence-electron chi connectivity index (χ4n) is 5.12. The molecule has 3 aliphatic rings. The van der Waals surface area contributed by atoms with Gasteiger partial charge in [0, 0.05) is 37.6 Å². The summed E-state index contributed by atoms with van der Waals surface area (Å²) < 4.78 is 32.0. The fraction of sp³-hybridized carbons (Fsp3) is 0.577. The summed E-state index contributed by atoms with van der Waals surface area (Å²) in [5.74, 6) is -0.331. The minimum Gasteiger partial charge on any atom is -0.395 e. The summed E-state index contributed by atoms with van der Waals surface area (Å²) in [4.78, 5) is 25.6. The third kappa shape index (κ3) is 6.09. The van der Waals surface area contributed by atoms with Crippen LogP contribution >= 0.6 is 11.9 Å². The van der Waals surface area contributed by atoms with Gasteiger partial charge in [-0.05, 0) is 69.1 Å². The van der Waals surface area contributed by atoms with Crippen molar-refractivity contribution < 1.29 is 18.7 Å². The number of hydrogen-bond donors (Lipinski definition) is 3. The van der Waals surface area contributed by atoms with Crippen LogP contribution in [0.15, 0.2) is 24.4 Å². The Hall–Kier alpha value is -2.66. The molecule has 0 radical (unpaired) electrons. The average molecular weight is 533 g/mol. The van der Waals surface area contributed by atoms with Gasteiger partial charge in [0.15, 0.2) is 11.6 Å². The predicted octanol–water partition coefficient (Wildman–Crippen LogP) is 4.63. The van der Waals surface area contributed by atoms with Crippen LogP contribution in [-0.2, 0) is 0 Å². The fourth-order valence-corrected chi connectivity index (χ4v) is 5.61. The topological polar surface area (TPSA) is 93.6 Å². The highest BCUT2D eigenvalue weighted by molar-refractivity contribution is 8.00. The second kappa shape index (κ2) is 10.6. The number of rotatable bonds is 8. The number of nitrogens with one attached hydrogen (secondary N) is 2. The first-order valence-electron chi connectivity index (χ1n) is 12.9. The van der Waals surface area contributed by atoms with Crippen LogP contribution in [0.5, 0.6) is 0 Å². The molecule has 0 atom stereocenters. The molecule has 11 heteroatoms. The number of aromatic nitrogens is 2. The van der Waals surface area contributed by atoms with Crippen LogP contribution in [0.1, 0.15) is 55.8 Å². The summed E-state index contributed by atoms with van der Waals surface area (Å²) in [5, 5.41) is 11.8. The van der Waals surface area contributed by atoms with Gasteiger partial charge in [-0.1, -0.05) is 11.9 Å². The number of amides is 1. The molecule has 8 nitrogen and oxygen atoms in total. The van der Waals surface area contributed by atoms with Gasteiger partial charge in [0.05, 0.1) is 24.1 Å². The average Bonchev–Trinajstić information content (AvgIpc) is 3.64. The van der Waals surface area contributed by atoms with Gasteiger partial charge >= 0.3 is 0 Å². The number of aliphatic hydroxyl groups excluding tert-OH is 1. The number of aliphatic hydroxyl groups is 1. The SMILES string of the molecule is CC1(F)CCN(c2nc(NC(=O)c3ccc(NSCCO)cc3N3CCC4(CC3)CC4)ncc2F)CC1. The van der Waals surface area contributed by atoms with E-state index >= 15 is 0 Å². The van der Waals surface area contributed by atoms with Crippen molar-refractivity contribution in [2.75, 3.05) is 58.4 Å². The second-order valence-corrected chi connectivity index (χ2v) is 11.5. The first kappa shape index (κ1) is 26.0. The maximum atomic E-state index is 14.5. The van der Waals surface area contributed by atoms with Crippen molar-refractivity contribution in [3.63, 3.8) is 0 Å². The summed E-state index contributed by atoms with van der Waals surface area (Å²) in [6.45, 7) is 4.09. The summed E-state index contributed by atoms with van der Waals surface area (Å²) >= 11 is 1.40. The minimum absolute atomic E-state index is 0.0113. The van der Waals surface area contributed by atoms with E-state index in [0.29, 0.717) is 29.8 Å². The van der Waals surface area contributed by atoms with Crippen LogP contribution in [0.3, 0.4) is 0 Å². The van der Waals surface area contributed by atoms with Gasteiger partial charge in [0.2, 0.25) is 5.95 Å². The third-order valence-corrected chi connectivity index (χ3v) is 8.57. The zero-order chi connectivity index (χ0) is 26.0. The number of alkyl halides is 1. The van der Waals surface area contributed by atoms with Gasteiger partial charge in [-0.25, -0.2) is 13.8 Å². The Morgan fingerprint density at radius 3 is 2.49 bits per heavy atom. The van der Waals surface area contributed by atoms with E-state index in [-0.39, 0.29) is 37.1 Å². The number of benzene rings is 1. The molecular weight excluding hydrogens is 498 g/mol. The molecule has 2 aliphatic heterocycles. The van der Waals surface area contributed by atoms with Gasteiger partial charge in [0.1, 0.15) is 5.67 Å². The first-order valence-corrected chi connectivity index (χ1v) is 13.9. The number of halogens is 2. The number of hydrogen-bond acceptors (Lipinski definition) is 8. The van der Waals surface area contributed by atoms with Crippen LogP contribution in [0.2, 0.25) is 0 Å². The lowest BCUT2D eigenvalue weighted by molar-refractivity contribution is 0.102. The summed E-state index contributed by atoms with van der Waals surface area (Å²) in [7, 11) is 0. The van der Waals surface area contributed by atoms with Crippen LogP contribution in [0.25, 0.3) is 0 Å². The number of piperidine rings is 2. The zero-order valence-electron chi connectivity index (χ0n) is 21.1. The Bertz CT molecular complexity index is 1130. The molecule has 1 spiro atoms. The first-order chi connectivity index (χ1) is 17.8. The molecule has 1 saturated carbocycles. The minimum atomic E-state index is -1.27. The highest BCUT2D eigenvalue weighted by Gasteiger charge is 2.44. The maximum absolute atomic E-state index is 14.5. The van der Waals surface area contributed by atoms with E-state index in [2.05, 4.69) is 24.9 Å². The molecular formula is C26H34F2N6O2S. The van der Waals surface area contributed by atoms with E-state index in [0.717, 1.165) is 43.5 Å². The van der Waals surface area contributed by atoms with Gasteiger partial charge in [-0.15, -0.1) is 0 Å². The molecule has 2 aromatic rings. The van der Waals surface area contributed by atoms with Crippen molar-refractivity contribution in [2.24, 2.45) is 5.41 Å². The molecule has 37 heavy (non-hydrogen) atoms. The molecule has 1 aliphatic carbocycles. The van der Waals surface area contributed by atoms with Gasteiger partial charge < -0.3 is 19.6 Å². The standard InChI is InChI=1S/C26H34F2N6O2S/c1-25(28)6-10-34(11-7-25)22-20(27)17-29-24(30-22)31-23(36)19-3-2-18(32-37-15-14-35)16-21(19)33-12-8-26(4-5-26)9-13-33/h2-3,16-17,32,35H,4-15H2,1H3,(H,29,30,31,36). The van der Waals surface area contributed by atoms with Gasteiger partial charge in [-0.2, -0.15) is 4.98 Å². The van der Waals surface area contributed by atoms with Crippen molar-refractivity contribution >= 4 is 41.0 Å². The van der Waals surface area contributed by atoms with E-state index in [9.17, 15) is 13.6 Å². The maximum Gasteiger partial charge on any atom is 0.260 e. The quantitative estimate of drug-likeness (QED) is 0.335. The summed E-state index contributed by atoms with van der Waals surface area (Å²) in [6, 6.07) is 5.56. The molecule has 3 heterocycles. The molecule has 1 aromatic carbocycles. The number of nitrogens with zero attached hydrogens (tertiary/aromatic N) is 4. The van der Waals surface area contributed by atoms with Crippen molar-refractivity contribution in [1.29, 1.82) is 0 Å². The van der Waals surface area contributed by atoms with E-state index in [4.69, 9.17) is 5.11 Å². The van der Waals surface area contributed by atoms with Crippen LogP contribution < -0.4 is 19.8 Å². The molecule has 1 aromatic heterocycles. The third-order valence-electron chi connectivity index (χ3n) is 7.80. The van der Waals surface area contributed by atoms with Crippen molar-refractivity contribution in [3.05, 3.63) is 35.8 Å². The Morgan fingerprint density at radius 1 is 1.11 bits per heavy atom. The van der Waals surface area contributed by atoms with Gasteiger partial charge in [-0.3, -0.25) is 10.1 Å². The Balaban J connectivity index is 1.34. The lowest BCUT2D eigenvalue weighted by Crippen LogP contribution is -2.41. The predicted molar refractivity (Wildman–Crippen MR) is 144 cm³/mol. The highest BCUT2D eigenvalue weighted by Crippen LogP contribution is 2.54. The summed E-state index contributed by atoms with van der Waals surface area (Å²) in [5.41, 5.74) is 1.40. The highest BCUT2D eigenvalue weighted by atomic mass is 32.2. The lowest BCUT2D eigenvalue weighted by Gasteiger charge is -2.35. The zero-order valence-corrected chi connectivity index (χ0v) is 21.9. The van der Waals surface area contributed by atoms with Gasteiger partial charge in [0.25, 0.3) is 5.91 Å². The van der Waals surface area contributed by atoms with E-state index < -0.39 is 11.5 Å². The Morgan fingerprint density at radius 2 is 1.81 bits per heavy atom. The monoisotopic (exact) mass is 532 g/mol. The molecule has 0 unspecified atom stereocenters. The van der Waals surface area contributed by atoms with Crippen molar-refractivity contribution in [2.45, 2.75) is 51.1 Å². The molecule has 200 valence electrons. The molecule has 1 amide bonds. The van der Waals surface area contributed by atoms with Crippen LogP contribution in [0, 0.1) is 11.2 Å². The van der Waals surface area contributed by atoms with Crippen molar-refractivity contribution in [3.8, 4) is 0 Å². The Labute approximate surface area is 220 Å². The Kier molecular flexibility index (Phi) is 7.44. The molecule has 5 rings (SSSR count). The van der Waals surface area contributed by atoms with E-state index in [1.165, 1.54) is 24.8 Å². The number of anilines is 4. The lowest BCUT2D eigenvalue weighted by atomic mass is 9.93. The molecule has 3 fully saturated rings. The second-order valence-electron chi connectivity index (χ2n) is 10.6. The largest absolute Gasteiger partial charge is 0.395 e. The van der Waals surface area contributed by atoms with Crippen molar-refractivity contribution in [1.82, 2.24) is 9.97 Å². The van der Waals surface area contributed by atoms with E-state index in [1.807, 2.05) is 12.1 Å². The van der Waals surface area contributed by atoms with E-state index in [1.54, 1.807) is 17.9 Å². The normalized spacial score (nSPS) is 20.1. The van der Waals surface area contributed by atoms with Crippen LogP contribution in [-0.4, -0.2) is 65.2 Å². The smallest absolute Gasteiger partial charge is 0.260 e. The van der Waals surface area contributed by atoms with Crippen LogP contribution in [0.4, 0.5) is 31.9 Å². The molecule has 0 bridgehead atoms. The summed E-state index contributed by atoms with van der Waals surface area (Å²) in [6.07, 6.45) is 6.43.